The van der Waals surface area contributed by atoms with Crippen LogP contribution in [0.5, 0.6) is 5.75 Å². The summed E-state index contributed by atoms with van der Waals surface area (Å²) < 4.78 is 5.37. The molecule has 0 saturated carbocycles. The molecule has 0 fully saturated rings. The molecule has 21 heavy (non-hydrogen) atoms. The number of aliphatic hydroxyl groups is 1. The molecule has 2 aromatic rings. The van der Waals surface area contributed by atoms with Crippen molar-refractivity contribution >= 4 is 0 Å². The Labute approximate surface area is 124 Å². The molecular weight excluding hydrogens is 264 g/mol. The minimum atomic E-state index is -0.351. The highest BCUT2D eigenvalue weighted by Crippen LogP contribution is 2.38. The van der Waals surface area contributed by atoms with Gasteiger partial charge in [0.25, 0.3) is 0 Å². The number of hydrogen-bond donors (Lipinski definition) is 1. The standard InChI is InChI=1S/C17H18N2O2/c1-21-17-7-9-19-12-16(17)14(8-10-20)15(11-18)13-5-3-2-4-6-13/h2-7,9,12,14-15,20H,8,10H2,1H3/t14-,15-/m1/s1. The summed E-state index contributed by atoms with van der Waals surface area (Å²) in [5, 5.41) is 19.0. The lowest BCUT2D eigenvalue weighted by Gasteiger charge is -2.23. The first kappa shape index (κ1) is 15.0. The normalized spacial score (nSPS) is 13.2. The van der Waals surface area contributed by atoms with Crippen LogP contribution in [0, 0.1) is 11.3 Å². The first-order chi connectivity index (χ1) is 10.3. The van der Waals surface area contributed by atoms with Crippen molar-refractivity contribution in [2.75, 3.05) is 13.7 Å². The molecule has 0 amide bonds. The van der Waals surface area contributed by atoms with Gasteiger partial charge in [-0.15, -0.1) is 0 Å². The van der Waals surface area contributed by atoms with Crippen molar-refractivity contribution in [3.05, 3.63) is 59.9 Å². The SMILES string of the molecule is COc1ccncc1[C@H](CCO)[C@H](C#N)c1ccccc1. The topological polar surface area (TPSA) is 66.1 Å². The third kappa shape index (κ3) is 3.39. The Morgan fingerprint density at radius 1 is 1.29 bits per heavy atom. The third-order valence-corrected chi connectivity index (χ3v) is 3.57. The van der Waals surface area contributed by atoms with Crippen LogP contribution in [0.2, 0.25) is 0 Å². The molecule has 0 unspecified atom stereocenters. The quantitative estimate of drug-likeness (QED) is 0.884. The Morgan fingerprint density at radius 3 is 2.67 bits per heavy atom. The van der Waals surface area contributed by atoms with E-state index in [9.17, 15) is 10.4 Å². The predicted octanol–water partition coefficient (Wildman–Crippen LogP) is 2.86. The fourth-order valence-electron chi connectivity index (χ4n) is 2.56. The van der Waals surface area contributed by atoms with Gasteiger partial charge < -0.3 is 9.84 Å². The van der Waals surface area contributed by atoms with Crippen LogP contribution in [0.15, 0.2) is 48.8 Å². The molecule has 0 radical (unpaired) electrons. The second-order valence-electron chi connectivity index (χ2n) is 4.75. The third-order valence-electron chi connectivity index (χ3n) is 3.57. The second kappa shape index (κ2) is 7.41. The van der Waals surface area contributed by atoms with Crippen LogP contribution in [-0.4, -0.2) is 23.8 Å². The van der Waals surface area contributed by atoms with E-state index in [-0.39, 0.29) is 18.4 Å². The first-order valence-corrected chi connectivity index (χ1v) is 6.85. The smallest absolute Gasteiger partial charge is 0.125 e. The number of benzene rings is 1. The van der Waals surface area contributed by atoms with Crippen molar-refractivity contribution in [2.24, 2.45) is 0 Å². The molecule has 0 saturated heterocycles. The fourth-order valence-corrected chi connectivity index (χ4v) is 2.56. The summed E-state index contributed by atoms with van der Waals surface area (Å²) in [4.78, 5) is 4.14. The van der Waals surface area contributed by atoms with Crippen LogP contribution in [0.1, 0.15) is 29.4 Å². The molecule has 1 N–H and O–H groups in total. The molecule has 2 atom stereocenters. The first-order valence-electron chi connectivity index (χ1n) is 6.85. The summed E-state index contributed by atoms with van der Waals surface area (Å²) >= 11 is 0. The summed E-state index contributed by atoms with van der Waals surface area (Å²) in [6.45, 7) is 0.00767. The van der Waals surface area contributed by atoms with Gasteiger partial charge in [-0.25, -0.2) is 0 Å². The Bertz CT molecular complexity index is 608. The highest BCUT2D eigenvalue weighted by molar-refractivity contribution is 5.39. The van der Waals surface area contributed by atoms with Gasteiger partial charge in [-0.05, 0) is 18.1 Å². The van der Waals surface area contributed by atoms with Crippen molar-refractivity contribution in [1.29, 1.82) is 5.26 Å². The average molecular weight is 282 g/mol. The van der Waals surface area contributed by atoms with Crippen LogP contribution in [-0.2, 0) is 0 Å². The summed E-state index contributed by atoms with van der Waals surface area (Å²) in [6.07, 6.45) is 3.85. The second-order valence-corrected chi connectivity index (χ2v) is 4.75. The van der Waals surface area contributed by atoms with Crippen LogP contribution < -0.4 is 4.74 Å². The molecule has 0 aliphatic heterocycles. The lowest BCUT2D eigenvalue weighted by atomic mass is 9.80. The van der Waals surface area contributed by atoms with Gasteiger partial charge in [-0.3, -0.25) is 4.98 Å². The number of ether oxygens (including phenoxy) is 1. The number of methoxy groups -OCH3 is 1. The van der Waals surface area contributed by atoms with E-state index in [4.69, 9.17) is 4.74 Å². The Morgan fingerprint density at radius 2 is 2.05 bits per heavy atom. The monoisotopic (exact) mass is 282 g/mol. The van der Waals surface area contributed by atoms with Gasteiger partial charge in [0.05, 0.1) is 19.1 Å². The Hall–Kier alpha value is -2.38. The molecule has 0 aliphatic carbocycles. The predicted molar refractivity (Wildman–Crippen MR) is 80.0 cm³/mol. The molecule has 0 spiro atoms. The van der Waals surface area contributed by atoms with E-state index >= 15 is 0 Å². The molecule has 0 aliphatic rings. The molecule has 1 aromatic heterocycles. The van der Waals surface area contributed by atoms with Crippen molar-refractivity contribution in [1.82, 2.24) is 4.98 Å². The molecule has 1 aromatic carbocycles. The largest absolute Gasteiger partial charge is 0.496 e. The number of aliphatic hydroxyl groups excluding tert-OH is 1. The van der Waals surface area contributed by atoms with Gasteiger partial charge in [0, 0.05) is 30.5 Å². The lowest BCUT2D eigenvalue weighted by Crippen LogP contribution is -2.13. The van der Waals surface area contributed by atoms with Crippen molar-refractivity contribution < 1.29 is 9.84 Å². The van der Waals surface area contributed by atoms with Gasteiger partial charge in [-0.1, -0.05) is 30.3 Å². The van der Waals surface area contributed by atoms with Crippen molar-refractivity contribution in [3.63, 3.8) is 0 Å². The van der Waals surface area contributed by atoms with Gasteiger partial charge in [-0.2, -0.15) is 5.26 Å². The van der Waals surface area contributed by atoms with Gasteiger partial charge in [0.1, 0.15) is 5.75 Å². The van der Waals surface area contributed by atoms with E-state index in [0.717, 1.165) is 11.1 Å². The number of aromatic nitrogens is 1. The van der Waals surface area contributed by atoms with E-state index in [1.54, 1.807) is 25.6 Å². The summed E-state index contributed by atoms with van der Waals surface area (Å²) in [5.74, 6) is 0.183. The maximum absolute atomic E-state index is 9.61. The van der Waals surface area contributed by atoms with E-state index < -0.39 is 0 Å². The lowest BCUT2D eigenvalue weighted by molar-refractivity contribution is 0.270. The number of rotatable bonds is 6. The molecule has 2 rings (SSSR count). The number of nitrogens with zero attached hydrogens (tertiary/aromatic N) is 2. The summed E-state index contributed by atoms with van der Waals surface area (Å²) in [5.41, 5.74) is 1.79. The Kier molecular flexibility index (Phi) is 5.30. The molecule has 4 heteroatoms. The zero-order valence-corrected chi connectivity index (χ0v) is 11.9. The van der Waals surface area contributed by atoms with E-state index in [1.807, 2.05) is 30.3 Å². The van der Waals surface area contributed by atoms with E-state index in [2.05, 4.69) is 11.1 Å². The number of pyridine rings is 1. The zero-order valence-electron chi connectivity index (χ0n) is 11.9. The van der Waals surface area contributed by atoms with Gasteiger partial charge >= 0.3 is 0 Å². The Balaban J connectivity index is 2.44. The molecule has 108 valence electrons. The van der Waals surface area contributed by atoms with Crippen molar-refractivity contribution in [3.8, 4) is 11.8 Å². The molecule has 0 bridgehead atoms. The summed E-state index contributed by atoms with van der Waals surface area (Å²) in [6, 6.07) is 13.7. The van der Waals surface area contributed by atoms with Gasteiger partial charge in [0.2, 0.25) is 0 Å². The highest BCUT2D eigenvalue weighted by atomic mass is 16.5. The van der Waals surface area contributed by atoms with Crippen LogP contribution >= 0.6 is 0 Å². The van der Waals surface area contributed by atoms with Crippen molar-refractivity contribution in [2.45, 2.75) is 18.3 Å². The van der Waals surface area contributed by atoms with Gasteiger partial charge in [0.15, 0.2) is 0 Å². The molecule has 4 nitrogen and oxygen atoms in total. The van der Waals surface area contributed by atoms with E-state index in [0.29, 0.717) is 12.2 Å². The average Bonchev–Trinajstić information content (AvgIpc) is 2.55. The minimum Gasteiger partial charge on any atom is -0.496 e. The molecular formula is C17H18N2O2. The maximum Gasteiger partial charge on any atom is 0.125 e. The van der Waals surface area contributed by atoms with E-state index in [1.165, 1.54) is 0 Å². The minimum absolute atomic E-state index is 0.00767. The summed E-state index contributed by atoms with van der Waals surface area (Å²) in [7, 11) is 1.60. The number of nitriles is 1. The van der Waals surface area contributed by atoms with Crippen LogP contribution in [0.4, 0.5) is 0 Å². The highest BCUT2D eigenvalue weighted by Gasteiger charge is 2.27. The molecule has 1 heterocycles. The zero-order chi connectivity index (χ0) is 15.1. The van der Waals surface area contributed by atoms with Crippen LogP contribution in [0.25, 0.3) is 0 Å². The fraction of sp³-hybridized carbons (Fsp3) is 0.294. The van der Waals surface area contributed by atoms with Crippen LogP contribution in [0.3, 0.4) is 0 Å². The number of hydrogen-bond acceptors (Lipinski definition) is 4. The maximum atomic E-state index is 9.61.